The lowest BCUT2D eigenvalue weighted by molar-refractivity contribution is -0.170. The Hall–Kier alpha value is -1.37. The maximum absolute atomic E-state index is 11.7. The van der Waals surface area contributed by atoms with Crippen LogP contribution in [-0.4, -0.2) is 34.7 Å². The van der Waals surface area contributed by atoms with E-state index in [0.29, 0.717) is 0 Å². The van der Waals surface area contributed by atoms with Gasteiger partial charge in [-0.25, -0.2) is 4.98 Å². The summed E-state index contributed by atoms with van der Waals surface area (Å²) in [6.45, 7) is -2.05. The summed E-state index contributed by atoms with van der Waals surface area (Å²) >= 11 is 0. The van der Waals surface area contributed by atoms with Gasteiger partial charge in [0.1, 0.15) is 13.2 Å². The maximum atomic E-state index is 11.7. The largest absolute Gasteiger partial charge is 0.411 e. The molecule has 0 bridgehead atoms. The van der Waals surface area contributed by atoms with Crippen molar-refractivity contribution in [3.05, 3.63) is 18.2 Å². The average molecular weight is 222 g/mol. The van der Waals surface area contributed by atoms with E-state index in [0.717, 1.165) is 0 Å². The Labute approximate surface area is 83.7 Å². The second-order valence-electron chi connectivity index (χ2n) is 2.89. The van der Waals surface area contributed by atoms with Gasteiger partial charge in [-0.05, 0) is 0 Å². The SMILES string of the molecule is Cn1ccnc1C(=O)COCC(F)(F)F. The zero-order valence-corrected chi connectivity index (χ0v) is 7.91. The monoisotopic (exact) mass is 222 g/mol. The van der Waals surface area contributed by atoms with Crippen LogP contribution in [0.1, 0.15) is 10.6 Å². The van der Waals surface area contributed by atoms with E-state index >= 15 is 0 Å². The third-order valence-corrected chi connectivity index (χ3v) is 1.57. The van der Waals surface area contributed by atoms with Gasteiger partial charge >= 0.3 is 6.18 Å². The first-order chi connectivity index (χ1) is 6.90. The van der Waals surface area contributed by atoms with Crippen LogP contribution in [0.4, 0.5) is 13.2 Å². The van der Waals surface area contributed by atoms with Crippen LogP contribution in [-0.2, 0) is 11.8 Å². The predicted molar refractivity (Wildman–Crippen MR) is 44.4 cm³/mol. The molecular weight excluding hydrogens is 213 g/mol. The van der Waals surface area contributed by atoms with Gasteiger partial charge in [0, 0.05) is 19.4 Å². The normalized spacial score (nSPS) is 11.7. The average Bonchev–Trinajstić information content (AvgIpc) is 2.48. The molecule has 0 saturated heterocycles. The summed E-state index contributed by atoms with van der Waals surface area (Å²) in [5.41, 5.74) is 0. The van der Waals surface area contributed by atoms with Gasteiger partial charge in [0.2, 0.25) is 5.78 Å². The third-order valence-electron chi connectivity index (χ3n) is 1.57. The second kappa shape index (κ2) is 4.43. The molecule has 4 nitrogen and oxygen atoms in total. The van der Waals surface area contributed by atoms with Crippen molar-refractivity contribution in [3.63, 3.8) is 0 Å². The number of carbonyl (C=O) groups excluding carboxylic acids is 1. The van der Waals surface area contributed by atoms with Crippen molar-refractivity contribution >= 4 is 5.78 Å². The number of aromatic nitrogens is 2. The molecule has 0 radical (unpaired) electrons. The molecule has 15 heavy (non-hydrogen) atoms. The summed E-state index contributed by atoms with van der Waals surface area (Å²) in [6, 6.07) is 0. The van der Waals surface area contributed by atoms with Crippen molar-refractivity contribution in [2.24, 2.45) is 7.05 Å². The van der Waals surface area contributed by atoms with E-state index in [1.165, 1.54) is 17.0 Å². The molecule has 0 aliphatic carbocycles. The summed E-state index contributed by atoms with van der Waals surface area (Å²) in [5, 5.41) is 0. The number of nitrogens with zero attached hydrogens (tertiary/aromatic N) is 2. The number of halogens is 3. The van der Waals surface area contributed by atoms with E-state index in [1.54, 1.807) is 7.05 Å². The Morgan fingerprint density at radius 2 is 2.27 bits per heavy atom. The van der Waals surface area contributed by atoms with E-state index in [-0.39, 0.29) is 5.82 Å². The van der Waals surface area contributed by atoms with E-state index in [9.17, 15) is 18.0 Å². The Morgan fingerprint density at radius 3 is 2.73 bits per heavy atom. The molecule has 0 atom stereocenters. The number of imidazole rings is 1. The fraction of sp³-hybridized carbons (Fsp3) is 0.500. The fourth-order valence-electron chi connectivity index (χ4n) is 0.958. The molecular formula is C8H9F3N2O2. The lowest BCUT2D eigenvalue weighted by Crippen LogP contribution is -2.21. The topological polar surface area (TPSA) is 44.1 Å². The molecule has 1 heterocycles. The zero-order valence-electron chi connectivity index (χ0n) is 7.91. The molecule has 0 fully saturated rings. The van der Waals surface area contributed by atoms with Gasteiger partial charge in [0.05, 0.1) is 0 Å². The minimum atomic E-state index is -4.41. The van der Waals surface area contributed by atoms with Crippen LogP contribution < -0.4 is 0 Å². The van der Waals surface area contributed by atoms with Gasteiger partial charge in [0.15, 0.2) is 5.82 Å². The summed E-state index contributed by atoms with van der Waals surface area (Å²) in [4.78, 5) is 14.9. The van der Waals surface area contributed by atoms with Crippen LogP contribution in [0, 0.1) is 0 Å². The minimum absolute atomic E-state index is 0.0807. The van der Waals surface area contributed by atoms with Gasteiger partial charge in [-0.3, -0.25) is 4.79 Å². The fourth-order valence-corrected chi connectivity index (χ4v) is 0.958. The van der Waals surface area contributed by atoms with E-state index in [2.05, 4.69) is 9.72 Å². The van der Waals surface area contributed by atoms with E-state index in [1.807, 2.05) is 0 Å². The van der Waals surface area contributed by atoms with Crippen LogP contribution in [0.25, 0.3) is 0 Å². The molecule has 0 amide bonds. The Balaban J connectivity index is 2.41. The second-order valence-corrected chi connectivity index (χ2v) is 2.89. The first kappa shape index (κ1) is 11.7. The number of carbonyl (C=O) groups is 1. The number of ether oxygens (including phenoxy) is 1. The molecule has 0 N–H and O–H groups in total. The minimum Gasteiger partial charge on any atom is -0.364 e. The van der Waals surface area contributed by atoms with Gasteiger partial charge < -0.3 is 9.30 Å². The van der Waals surface area contributed by atoms with Crippen LogP contribution in [0.15, 0.2) is 12.4 Å². The summed E-state index contributed by atoms with van der Waals surface area (Å²) < 4.78 is 40.6. The first-order valence-electron chi connectivity index (χ1n) is 4.05. The zero-order chi connectivity index (χ0) is 11.5. The molecule has 84 valence electrons. The molecule has 0 aliphatic rings. The van der Waals surface area contributed by atoms with Crippen LogP contribution in [0.2, 0.25) is 0 Å². The smallest absolute Gasteiger partial charge is 0.364 e. The molecule has 1 rings (SSSR count). The molecule has 0 unspecified atom stereocenters. The maximum Gasteiger partial charge on any atom is 0.411 e. The van der Waals surface area contributed by atoms with Crippen LogP contribution in [0.3, 0.4) is 0 Å². The number of aryl methyl sites for hydroxylation is 1. The van der Waals surface area contributed by atoms with E-state index < -0.39 is 25.2 Å². The predicted octanol–water partition coefficient (Wildman–Crippen LogP) is 1.18. The number of hydrogen-bond donors (Lipinski definition) is 0. The number of alkyl halides is 3. The summed E-state index contributed by atoms with van der Waals surface area (Å²) in [6.07, 6.45) is -1.50. The van der Waals surface area contributed by atoms with Gasteiger partial charge in [-0.2, -0.15) is 13.2 Å². The van der Waals surface area contributed by atoms with Crippen molar-refractivity contribution in [3.8, 4) is 0 Å². The Bertz CT molecular complexity index is 346. The highest BCUT2D eigenvalue weighted by Crippen LogP contribution is 2.14. The van der Waals surface area contributed by atoms with Crippen molar-refractivity contribution in [1.82, 2.24) is 9.55 Å². The summed E-state index contributed by atoms with van der Waals surface area (Å²) in [7, 11) is 1.57. The molecule has 7 heteroatoms. The highest BCUT2D eigenvalue weighted by atomic mass is 19.4. The molecule has 0 spiro atoms. The number of ketones is 1. The van der Waals surface area contributed by atoms with Crippen molar-refractivity contribution < 1.29 is 22.7 Å². The highest BCUT2D eigenvalue weighted by Gasteiger charge is 2.28. The molecule has 1 aromatic rings. The van der Waals surface area contributed by atoms with E-state index in [4.69, 9.17) is 0 Å². The van der Waals surface area contributed by atoms with Crippen molar-refractivity contribution in [1.29, 1.82) is 0 Å². The molecule has 0 saturated carbocycles. The first-order valence-corrected chi connectivity index (χ1v) is 4.05. The van der Waals surface area contributed by atoms with Crippen LogP contribution >= 0.6 is 0 Å². The number of Topliss-reactive ketones (excluding diaryl/α,β-unsaturated/α-hetero) is 1. The lowest BCUT2D eigenvalue weighted by atomic mass is 10.4. The number of rotatable bonds is 4. The van der Waals surface area contributed by atoms with Crippen molar-refractivity contribution in [2.45, 2.75) is 6.18 Å². The molecule has 0 aliphatic heterocycles. The highest BCUT2D eigenvalue weighted by molar-refractivity contribution is 5.93. The third kappa shape index (κ3) is 3.70. The standard InChI is InChI=1S/C8H9F3N2O2/c1-13-3-2-12-7(13)6(14)4-15-5-8(9,10)11/h2-3H,4-5H2,1H3. The van der Waals surface area contributed by atoms with Crippen LogP contribution in [0.5, 0.6) is 0 Å². The number of hydrogen-bond acceptors (Lipinski definition) is 3. The Morgan fingerprint density at radius 1 is 1.60 bits per heavy atom. The molecule has 0 aromatic carbocycles. The van der Waals surface area contributed by atoms with Gasteiger partial charge in [-0.1, -0.05) is 0 Å². The summed E-state index contributed by atoms with van der Waals surface area (Å²) in [5.74, 6) is -0.496. The van der Waals surface area contributed by atoms with Crippen molar-refractivity contribution in [2.75, 3.05) is 13.2 Å². The van der Waals surface area contributed by atoms with Gasteiger partial charge in [-0.15, -0.1) is 0 Å². The van der Waals surface area contributed by atoms with Gasteiger partial charge in [0.25, 0.3) is 0 Å². The quantitative estimate of drug-likeness (QED) is 0.718. The Kier molecular flexibility index (Phi) is 3.46. The molecule has 1 aromatic heterocycles. The lowest BCUT2D eigenvalue weighted by Gasteiger charge is -2.06.